The van der Waals surface area contributed by atoms with E-state index < -0.39 is 0 Å². The number of fused-ring (bicyclic) bond motifs is 1. The summed E-state index contributed by atoms with van der Waals surface area (Å²) in [5, 5.41) is 1.13. The molecule has 3 aromatic rings. The molecule has 1 N–H and O–H groups in total. The van der Waals surface area contributed by atoms with Crippen LogP contribution in [-0.2, 0) is 11.2 Å². The lowest BCUT2D eigenvalue weighted by Gasteiger charge is -2.36. The Kier molecular flexibility index (Phi) is 5.26. The summed E-state index contributed by atoms with van der Waals surface area (Å²) in [6.07, 6.45) is 7.99. The third-order valence-electron chi connectivity index (χ3n) is 6.24. The molecule has 2 fully saturated rings. The largest absolute Gasteiger partial charge is 0.361 e. The van der Waals surface area contributed by atoms with Gasteiger partial charge in [0.2, 0.25) is 11.9 Å². The van der Waals surface area contributed by atoms with Crippen LogP contribution in [0.15, 0.2) is 42.7 Å². The molecule has 7 heteroatoms. The number of benzene rings is 1. The van der Waals surface area contributed by atoms with Gasteiger partial charge in [-0.3, -0.25) is 4.79 Å². The number of piperidine rings is 1. The maximum atomic E-state index is 12.9. The Hall–Kier alpha value is -3.09. The molecule has 0 saturated carbocycles. The summed E-state index contributed by atoms with van der Waals surface area (Å²) in [6.45, 7) is 5.14. The average Bonchev–Trinajstić information content (AvgIpc) is 3.23. The van der Waals surface area contributed by atoms with Crippen LogP contribution in [0.5, 0.6) is 0 Å². The van der Waals surface area contributed by atoms with E-state index in [1.165, 1.54) is 19.3 Å². The number of carbonyl (C=O) groups is 1. The fraction of sp³-hybridized carbons (Fsp3) is 0.435. The van der Waals surface area contributed by atoms with Gasteiger partial charge < -0.3 is 19.7 Å². The first-order chi connectivity index (χ1) is 14.8. The van der Waals surface area contributed by atoms with Gasteiger partial charge in [-0.15, -0.1) is 0 Å². The summed E-state index contributed by atoms with van der Waals surface area (Å²) >= 11 is 0. The Labute approximate surface area is 176 Å². The summed E-state index contributed by atoms with van der Waals surface area (Å²) in [5.41, 5.74) is 2.15. The summed E-state index contributed by atoms with van der Waals surface area (Å²) in [5.74, 6) is 2.00. The van der Waals surface area contributed by atoms with Crippen molar-refractivity contribution in [3.8, 4) is 0 Å². The summed E-state index contributed by atoms with van der Waals surface area (Å²) in [6, 6.07) is 10.1. The molecule has 0 radical (unpaired) electrons. The zero-order valence-electron chi connectivity index (χ0n) is 17.3. The molecule has 0 spiro atoms. The lowest BCUT2D eigenvalue weighted by atomic mass is 10.1. The van der Waals surface area contributed by atoms with Gasteiger partial charge >= 0.3 is 0 Å². The highest BCUT2D eigenvalue weighted by molar-refractivity contribution is 5.89. The van der Waals surface area contributed by atoms with Gasteiger partial charge in [0, 0.05) is 62.6 Å². The fourth-order valence-electron chi connectivity index (χ4n) is 4.50. The van der Waals surface area contributed by atoms with Gasteiger partial charge in [0.15, 0.2) is 0 Å². The minimum atomic E-state index is 0.191. The predicted octanol–water partition coefficient (Wildman–Crippen LogP) is 2.84. The second-order valence-corrected chi connectivity index (χ2v) is 8.17. The summed E-state index contributed by atoms with van der Waals surface area (Å²) in [7, 11) is 0. The predicted molar refractivity (Wildman–Crippen MR) is 119 cm³/mol. The summed E-state index contributed by atoms with van der Waals surface area (Å²) in [4.78, 5) is 32.0. The lowest BCUT2D eigenvalue weighted by molar-refractivity contribution is -0.130. The van der Waals surface area contributed by atoms with Crippen LogP contribution in [0.3, 0.4) is 0 Å². The second-order valence-electron chi connectivity index (χ2n) is 8.17. The molecule has 2 aliphatic rings. The van der Waals surface area contributed by atoms with Gasteiger partial charge in [0.25, 0.3) is 0 Å². The van der Waals surface area contributed by atoms with Crippen molar-refractivity contribution >= 4 is 28.6 Å². The number of para-hydroxylation sites is 1. The number of H-pyrrole nitrogens is 1. The van der Waals surface area contributed by atoms with E-state index in [2.05, 4.69) is 25.8 Å². The molecule has 5 rings (SSSR count). The maximum absolute atomic E-state index is 12.9. The van der Waals surface area contributed by atoms with Gasteiger partial charge in [0.1, 0.15) is 5.82 Å². The minimum Gasteiger partial charge on any atom is -0.361 e. The van der Waals surface area contributed by atoms with Crippen LogP contribution in [0.25, 0.3) is 10.9 Å². The maximum Gasteiger partial charge on any atom is 0.227 e. The average molecular weight is 405 g/mol. The molecule has 0 unspecified atom stereocenters. The highest BCUT2D eigenvalue weighted by Crippen LogP contribution is 2.21. The zero-order chi connectivity index (χ0) is 20.3. The number of anilines is 2. The van der Waals surface area contributed by atoms with Gasteiger partial charge in [-0.05, 0) is 37.0 Å². The van der Waals surface area contributed by atoms with Crippen molar-refractivity contribution in [1.82, 2.24) is 19.9 Å². The Morgan fingerprint density at radius 3 is 2.57 bits per heavy atom. The lowest BCUT2D eigenvalue weighted by Crippen LogP contribution is -2.49. The monoisotopic (exact) mass is 404 g/mol. The Bertz CT molecular complexity index is 1020. The summed E-state index contributed by atoms with van der Waals surface area (Å²) < 4.78 is 0. The third kappa shape index (κ3) is 3.84. The van der Waals surface area contributed by atoms with Crippen molar-refractivity contribution in [1.29, 1.82) is 0 Å². The molecule has 156 valence electrons. The highest BCUT2D eigenvalue weighted by atomic mass is 16.2. The molecular formula is C23H28N6O. The van der Waals surface area contributed by atoms with Gasteiger partial charge in [-0.25, -0.2) is 4.98 Å². The van der Waals surface area contributed by atoms with Crippen LogP contribution in [-0.4, -0.2) is 65.0 Å². The molecule has 2 aromatic heterocycles. The van der Waals surface area contributed by atoms with Crippen molar-refractivity contribution in [2.24, 2.45) is 0 Å². The van der Waals surface area contributed by atoms with E-state index >= 15 is 0 Å². The van der Waals surface area contributed by atoms with Gasteiger partial charge in [-0.1, -0.05) is 18.2 Å². The Morgan fingerprint density at radius 1 is 0.933 bits per heavy atom. The van der Waals surface area contributed by atoms with Crippen LogP contribution >= 0.6 is 0 Å². The van der Waals surface area contributed by atoms with Crippen LogP contribution in [0, 0.1) is 0 Å². The van der Waals surface area contributed by atoms with Crippen molar-refractivity contribution in [2.75, 3.05) is 49.1 Å². The smallest absolute Gasteiger partial charge is 0.227 e. The second kappa shape index (κ2) is 8.34. The van der Waals surface area contributed by atoms with Crippen molar-refractivity contribution in [3.05, 3.63) is 48.3 Å². The number of aromatic amines is 1. The van der Waals surface area contributed by atoms with E-state index in [0.29, 0.717) is 6.42 Å². The molecular weight excluding hydrogens is 376 g/mol. The fourth-order valence-corrected chi connectivity index (χ4v) is 4.50. The molecule has 0 bridgehead atoms. The van der Waals surface area contributed by atoms with Crippen molar-refractivity contribution in [3.63, 3.8) is 0 Å². The normalized spacial score (nSPS) is 17.5. The Morgan fingerprint density at radius 2 is 1.73 bits per heavy atom. The topological polar surface area (TPSA) is 68.4 Å². The molecule has 30 heavy (non-hydrogen) atoms. The van der Waals surface area contributed by atoms with E-state index in [1.807, 2.05) is 41.6 Å². The van der Waals surface area contributed by atoms with Crippen LogP contribution in [0.4, 0.5) is 11.8 Å². The minimum absolute atomic E-state index is 0.191. The number of aromatic nitrogens is 3. The molecule has 2 saturated heterocycles. The van der Waals surface area contributed by atoms with Crippen LogP contribution in [0.2, 0.25) is 0 Å². The number of rotatable bonds is 4. The molecule has 2 aliphatic heterocycles. The number of carbonyl (C=O) groups excluding carboxylic acids is 1. The standard InChI is InChI=1S/C23H28N6O/c30-22(16-18-17-25-20-7-3-2-6-19(18)20)28-14-12-27(13-15-28)21-8-9-24-23(26-21)29-10-4-1-5-11-29/h2-3,6-9,17,25H,1,4-5,10-16H2. The number of nitrogens with one attached hydrogen (secondary N) is 1. The van der Waals surface area contributed by atoms with Crippen LogP contribution in [0.1, 0.15) is 24.8 Å². The number of piperazine rings is 1. The van der Waals surface area contributed by atoms with Crippen molar-refractivity contribution < 1.29 is 4.79 Å². The quantitative estimate of drug-likeness (QED) is 0.724. The van der Waals surface area contributed by atoms with E-state index in [1.54, 1.807) is 0 Å². The molecule has 0 aliphatic carbocycles. The zero-order valence-corrected chi connectivity index (χ0v) is 17.3. The molecule has 1 amide bonds. The SMILES string of the molecule is O=C(Cc1c[nH]c2ccccc12)N1CCN(c2ccnc(N3CCCCC3)n2)CC1. The van der Waals surface area contributed by atoms with Crippen LogP contribution < -0.4 is 9.80 Å². The number of amides is 1. The Balaban J connectivity index is 1.20. The molecule has 4 heterocycles. The first kappa shape index (κ1) is 18.9. The van der Waals surface area contributed by atoms with Gasteiger partial charge in [0.05, 0.1) is 6.42 Å². The van der Waals surface area contributed by atoms with E-state index in [0.717, 1.165) is 67.5 Å². The first-order valence-electron chi connectivity index (χ1n) is 10.9. The van der Waals surface area contributed by atoms with Crippen molar-refractivity contribution in [2.45, 2.75) is 25.7 Å². The molecule has 1 aromatic carbocycles. The number of nitrogens with zero attached hydrogens (tertiary/aromatic N) is 5. The first-order valence-corrected chi connectivity index (χ1v) is 10.9. The van der Waals surface area contributed by atoms with Gasteiger partial charge in [-0.2, -0.15) is 4.98 Å². The molecule has 7 nitrogen and oxygen atoms in total. The van der Waals surface area contributed by atoms with E-state index in [9.17, 15) is 4.79 Å². The highest BCUT2D eigenvalue weighted by Gasteiger charge is 2.23. The van der Waals surface area contributed by atoms with E-state index in [-0.39, 0.29) is 5.91 Å². The van der Waals surface area contributed by atoms with E-state index in [4.69, 9.17) is 4.98 Å². The number of hydrogen-bond donors (Lipinski definition) is 1. The number of hydrogen-bond acceptors (Lipinski definition) is 5. The third-order valence-corrected chi connectivity index (χ3v) is 6.24. The molecule has 0 atom stereocenters.